The Labute approximate surface area is 90.1 Å². The molecule has 14 heavy (non-hydrogen) atoms. The van der Waals surface area contributed by atoms with Gasteiger partial charge < -0.3 is 4.90 Å². The van der Waals surface area contributed by atoms with Crippen molar-refractivity contribution in [3.8, 4) is 0 Å². The maximum Gasteiger partial charge on any atom is 0.112 e. The summed E-state index contributed by atoms with van der Waals surface area (Å²) in [5, 5.41) is 1.37. The molecule has 3 heteroatoms. The first-order valence-electron chi connectivity index (χ1n) is 5.49. The molecule has 2 heterocycles. The highest BCUT2D eigenvalue weighted by Gasteiger charge is 2.14. The van der Waals surface area contributed by atoms with Gasteiger partial charge >= 0.3 is 0 Å². The third-order valence-corrected chi connectivity index (χ3v) is 3.64. The highest BCUT2D eigenvalue weighted by molar-refractivity contribution is 7.10. The summed E-state index contributed by atoms with van der Waals surface area (Å²) in [6.07, 6.45) is 4.08. The largest absolute Gasteiger partial charge is 0.362 e. The van der Waals surface area contributed by atoms with Crippen LogP contribution in [-0.4, -0.2) is 17.5 Å². The van der Waals surface area contributed by atoms with Crippen molar-refractivity contribution in [1.82, 2.24) is 4.37 Å². The Morgan fingerprint density at radius 3 is 2.57 bits per heavy atom. The van der Waals surface area contributed by atoms with E-state index < -0.39 is 0 Å². The molecule has 78 valence electrons. The van der Waals surface area contributed by atoms with Gasteiger partial charge in [-0.3, -0.25) is 0 Å². The van der Waals surface area contributed by atoms with Crippen LogP contribution in [0.5, 0.6) is 0 Å². The van der Waals surface area contributed by atoms with E-state index >= 15 is 0 Å². The maximum absolute atomic E-state index is 4.49. The summed E-state index contributed by atoms with van der Waals surface area (Å²) in [5.41, 5.74) is 1.25. The van der Waals surface area contributed by atoms with Crippen LogP contribution in [0.4, 0.5) is 5.00 Å². The van der Waals surface area contributed by atoms with E-state index in [1.807, 2.05) is 0 Å². The molecule has 0 radical (unpaired) electrons. The quantitative estimate of drug-likeness (QED) is 0.745. The summed E-state index contributed by atoms with van der Waals surface area (Å²) < 4.78 is 4.49. The predicted molar refractivity (Wildman–Crippen MR) is 62.3 cm³/mol. The Kier molecular flexibility index (Phi) is 3.06. The first kappa shape index (κ1) is 9.97. The Morgan fingerprint density at radius 2 is 2.00 bits per heavy atom. The predicted octanol–water partition coefficient (Wildman–Crippen LogP) is 3.26. The van der Waals surface area contributed by atoms with Crippen LogP contribution >= 0.6 is 11.5 Å². The Bertz CT molecular complexity index is 287. The molecule has 0 saturated carbocycles. The van der Waals surface area contributed by atoms with Crippen LogP contribution in [0.25, 0.3) is 0 Å². The summed E-state index contributed by atoms with van der Waals surface area (Å²) in [6.45, 7) is 6.85. The van der Waals surface area contributed by atoms with Gasteiger partial charge in [0.15, 0.2) is 0 Å². The molecule has 1 aromatic heterocycles. The van der Waals surface area contributed by atoms with Gasteiger partial charge in [-0.15, -0.1) is 0 Å². The Morgan fingerprint density at radius 1 is 1.29 bits per heavy atom. The average molecular weight is 210 g/mol. The molecule has 1 fully saturated rings. The molecule has 0 spiro atoms. The van der Waals surface area contributed by atoms with E-state index in [2.05, 4.69) is 29.2 Å². The third kappa shape index (κ3) is 2.08. The fraction of sp³-hybridized carbons (Fsp3) is 0.727. The van der Waals surface area contributed by atoms with E-state index in [-0.39, 0.29) is 0 Å². The van der Waals surface area contributed by atoms with Gasteiger partial charge in [0.25, 0.3) is 0 Å². The van der Waals surface area contributed by atoms with Crippen LogP contribution in [0, 0.1) is 0 Å². The molecule has 0 N–H and O–H groups in total. The van der Waals surface area contributed by atoms with Crippen LogP contribution in [0.2, 0.25) is 0 Å². The number of aromatic nitrogens is 1. The van der Waals surface area contributed by atoms with Gasteiger partial charge in [-0.1, -0.05) is 13.8 Å². The number of hydrogen-bond donors (Lipinski definition) is 0. The molecule has 0 aromatic carbocycles. The second-order valence-corrected chi connectivity index (χ2v) is 5.08. The van der Waals surface area contributed by atoms with Gasteiger partial charge in [0.2, 0.25) is 0 Å². The molecule has 1 aliphatic heterocycles. The molecule has 1 saturated heterocycles. The van der Waals surface area contributed by atoms with E-state index in [0.717, 1.165) is 0 Å². The first-order valence-corrected chi connectivity index (χ1v) is 6.26. The van der Waals surface area contributed by atoms with Crippen molar-refractivity contribution in [2.75, 3.05) is 18.0 Å². The van der Waals surface area contributed by atoms with Crippen molar-refractivity contribution in [3.63, 3.8) is 0 Å². The first-order chi connectivity index (χ1) is 6.77. The van der Waals surface area contributed by atoms with Crippen LogP contribution < -0.4 is 4.90 Å². The fourth-order valence-corrected chi connectivity index (χ4v) is 2.75. The molecule has 2 nitrogen and oxygen atoms in total. The van der Waals surface area contributed by atoms with Crippen LogP contribution in [-0.2, 0) is 0 Å². The van der Waals surface area contributed by atoms with Gasteiger partial charge in [-0.25, -0.2) is 0 Å². The minimum atomic E-state index is 0.560. The smallest absolute Gasteiger partial charge is 0.112 e. The van der Waals surface area contributed by atoms with Crippen LogP contribution in [0.3, 0.4) is 0 Å². The summed E-state index contributed by atoms with van der Waals surface area (Å²) in [7, 11) is 0. The highest BCUT2D eigenvalue weighted by atomic mass is 32.1. The van der Waals surface area contributed by atoms with Gasteiger partial charge in [0, 0.05) is 13.1 Å². The number of rotatable bonds is 2. The van der Waals surface area contributed by atoms with E-state index in [9.17, 15) is 0 Å². The van der Waals surface area contributed by atoms with E-state index in [0.29, 0.717) is 5.92 Å². The van der Waals surface area contributed by atoms with Gasteiger partial charge in [0.1, 0.15) is 5.00 Å². The van der Waals surface area contributed by atoms with Crippen molar-refractivity contribution in [2.45, 2.75) is 39.0 Å². The molecule has 0 atom stereocenters. The zero-order valence-corrected chi connectivity index (χ0v) is 9.81. The lowest BCUT2D eigenvalue weighted by atomic mass is 10.1. The molecule has 0 aliphatic carbocycles. The minimum absolute atomic E-state index is 0.560. The van der Waals surface area contributed by atoms with Crippen LogP contribution in [0.1, 0.15) is 44.7 Å². The SMILES string of the molecule is CC(C)c1cc(N2CCCCC2)sn1. The highest BCUT2D eigenvalue weighted by Crippen LogP contribution is 2.27. The van der Waals surface area contributed by atoms with E-state index in [4.69, 9.17) is 0 Å². The second-order valence-electron chi connectivity index (χ2n) is 4.29. The molecule has 1 aliphatic rings. The van der Waals surface area contributed by atoms with Gasteiger partial charge in [-0.2, -0.15) is 4.37 Å². The number of hydrogen-bond acceptors (Lipinski definition) is 3. The van der Waals surface area contributed by atoms with Crippen molar-refractivity contribution >= 4 is 16.5 Å². The van der Waals surface area contributed by atoms with E-state index in [1.165, 1.54) is 43.0 Å². The number of anilines is 1. The zero-order chi connectivity index (χ0) is 9.97. The number of nitrogens with zero attached hydrogens (tertiary/aromatic N) is 2. The maximum atomic E-state index is 4.49. The lowest BCUT2D eigenvalue weighted by molar-refractivity contribution is 0.580. The summed E-state index contributed by atoms with van der Waals surface area (Å²) in [4.78, 5) is 2.48. The van der Waals surface area contributed by atoms with E-state index in [1.54, 1.807) is 11.5 Å². The normalized spacial score (nSPS) is 17.8. The molecule has 0 amide bonds. The monoisotopic (exact) mass is 210 g/mol. The zero-order valence-electron chi connectivity index (χ0n) is 8.99. The van der Waals surface area contributed by atoms with Crippen molar-refractivity contribution < 1.29 is 0 Å². The molecule has 0 unspecified atom stereocenters. The molecular weight excluding hydrogens is 192 g/mol. The van der Waals surface area contributed by atoms with Crippen molar-refractivity contribution in [1.29, 1.82) is 0 Å². The number of piperidine rings is 1. The molecular formula is C11H18N2S. The lowest BCUT2D eigenvalue weighted by Gasteiger charge is -2.26. The van der Waals surface area contributed by atoms with Gasteiger partial charge in [-0.05, 0) is 42.8 Å². The van der Waals surface area contributed by atoms with Gasteiger partial charge in [0.05, 0.1) is 5.69 Å². The molecule has 1 aromatic rings. The Balaban J connectivity index is 2.07. The topological polar surface area (TPSA) is 16.1 Å². The lowest BCUT2D eigenvalue weighted by Crippen LogP contribution is -2.28. The standard InChI is InChI=1S/C11H18N2S/c1-9(2)10-8-11(14-12-10)13-6-4-3-5-7-13/h8-9H,3-7H2,1-2H3. The molecule has 0 bridgehead atoms. The third-order valence-electron chi connectivity index (χ3n) is 2.78. The summed E-state index contributed by atoms with van der Waals surface area (Å²) in [5.74, 6) is 0.560. The van der Waals surface area contributed by atoms with Crippen LogP contribution in [0.15, 0.2) is 6.07 Å². The Hall–Kier alpha value is -0.570. The van der Waals surface area contributed by atoms with Crippen molar-refractivity contribution in [3.05, 3.63) is 11.8 Å². The summed E-state index contributed by atoms with van der Waals surface area (Å²) in [6, 6.07) is 2.26. The fourth-order valence-electron chi connectivity index (χ4n) is 1.81. The van der Waals surface area contributed by atoms with Crippen molar-refractivity contribution in [2.24, 2.45) is 0 Å². The minimum Gasteiger partial charge on any atom is -0.362 e. The second kappa shape index (κ2) is 4.30. The summed E-state index contributed by atoms with van der Waals surface area (Å²) >= 11 is 1.66. The molecule has 2 rings (SSSR count). The average Bonchev–Trinajstić information content (AvgIpc) is 2.68.